The molecule has 3 unspecified atom stereocenters. The van der Waals surface area contributed by atoms with E-state index in [0.717, 1.165) is 6.42 Å². The fourth-order valence-electron chi connectivity index (χ4n) is 4.02. The average Bonchev–Trinajstić information content (AvgIpc) is 2.57. The van der Waals surface area contributed by atoms with Gasteiger partial charge in [0.25, 0.3) is 0 Å². The van der Waals surface area contributed by atoms with Crippen molar-refractivity contribution in [1.29, 1.82) is 0 Å². The van der Waals surface area contributed by atoms with E-state index in [1.165, 1.54) is 11.3 Å². The Morgan fingerprint density at radius 2 is 2.20 bits per heavy atom. The molecule has 1 aliphatic carbocycles. The second kappa shape index (κ2) is 2.46. The van der Waals surface area contributed by atoms with Gasteiger partial charge in [0, 0.05) is 35.2 Å². The van der Waals surface area contributed by atoms with Crippen molar-refractivity contribution in [1.82, 2.24) is 15.5 Å². The van der Waals surface area contributed by atoms with Crippen molar-refractivity contribution in [2.24, 2.45) is 5.41 Å². The standard InChI is InChI=1S/C12H19N3/c1-7-12(11(2,3)4)8-6-13-15-9(8)5-10(12)14-7/h6-7,10,14H,5H2,1-4H3,(H,13,15). The number of hydrogen-bond donors (Lipinski definition) is 2. The van der Waals surface area contributed by atoms with Crippen molar-refractivity contribution in [2.45, 2.75) is 51.6 Å². The topological polar surface area (TPSA) is 40.7 Å². The summed E-state index contributed by atoms with van der Waals surface area (Å²) in [5.74, 6) is 0. The van der Waals surface area contributed by atoms with Crippen LogP contribution in [0.3, 0.4) is 0 Å². The molecule has 3 heteroatoms. The molecule has 1 aromatic heterocycles. The van der Waals surface area contributed by atoms with E-state index in [9.17, 15) is 0 Å². The van der Waals surface area contributed by atoms with Crippen LogP contribution in [-0.4, -0.2) is 22.3 Å². The van der Waals surface area contributed by atoms with E-state index >= 15 is 0 Å². The Hall–Kier alpha value is -0.830. The Labute approximate surface area is 90.7 Å². The average molecular weight is 205 g/mol. The van der Waals surface area contributed by atoms with Crippen molar-refractivity contribution in [3.05, 3.63) is 17.5 Å². The molecule has 2 N–H and O–H groups in total. The second-order valence-corrected chi connectivity index (χ2v) is 6.03. The molecular formula is C12H19N3. The summed E-state index contributed by atoms with van der Waals surface area (Å²) < 4.78 is 0. The minimum atomic E-state index is 0.287. The van der Waals surface area contributed by atoms with Crippen LogP contribution in [0.2, 0.25) is 0 Å². The number of H-pyrrole nitrogens is 1. The van der Waals surface area contributed by atoms with E-state index in [-0.39, 0.29) is 10.8 Å². The smallest absolute Gasteiger partial charge is 0.0529 e. The maximum Gasteiger partial charge on any atom is 0.0529 e. The second-order valence-electron chi connectivity index (χ2n) is 6.03. The minimum absolute atomic E-state index is 0.287. The number of aromatic nitrogens is 2. The summed E-state index contributed by atoms with van der Waals surface area (Å²) in [6.45, 7) is 9.34. The molecule has 0 radical (unpaired) electrons. The lowest BCUT2D eigenvalue weighted by atomic mass is 9.53. The summed E-state index contributed by atoms with van der Waals surface area (Å²) in [5.41, 5.74) is 3.37. The summed E-state index contributed by atoms with van der Waals surface area (Å²) in [5, 5.41) is 11.0. The molecule has 3 atom stereocenters. The molecule has 0 saturated carbocycles. The van der Waals surface area contributed by atoms with Crippen LogP contribution in [0.25, 0.3) is 0 Å². The van der Waals surface area contributed by atoms with Crippen LogP contribution in [0, 0.1) is 5.41 Å². The van der Waals surface area contributed by atoms with E-state index in [1.807, 2.05) is 6.20 Å². The monoisotopic (exact) mass is 205 g/mol. The van der Waals surface area contributed by atoms with Gasteiger partial charge in [-0.3, -0.25) is 5.10 Å². The fourth-order valence-corrected chi connectivity index (χ4v) is 4.02. The van der Waals surface area contributed by atoms with Gasteiger partial charge in [0.15, 0.2) is 0 Å². The number of fused-ring (bicyclic) bond motifs is 3. The number of aromatic amines is 1. The highest BCUT2D eigenvalue weighted by Gasteiger charge is 2.64. The van der Waals surface area contributed by atoms with E-state index in [0.29, 0.717) is 12.1 Å². The maximum absolute atomic E-state index is 4.20. The Balaban J connectivity index is 2.19. The van der Waals surface area contributed by atoms with Crippen molar-refractivity contribution >= 4 is 0 Å². The Morgan fingerprint density at radius 3 is 2.80 bits per heavy atom. The first kappa shape index (κ1) is 9.40. The zero-order valence-corrected chi connectivity index (χ0v) is 9.89. The van der Waals surface area contributed by atoms with Gasteiger partial charge in [0.1, 0.15) is 0 Å². The summed E-state index contributed by atoms with van der Waals surface area (Å²) in [6, 6.07) is 1.16. The predicted molar refractivity (Wildman–Crippen MR) is 59.8 cm³/mol. The molecule has 3 rings (SSSR count). The van der Waals surface area contributed by atoms with Gasteiger partial charge in [-0.2, -0.15) is 5.10 Å². The summed E-state index contributed by atoms with van der Waals surface area (Å²) in [7, 11) is 0. The molecule has 1 aromatic rings. The van der Waals surface area contributed by atoms with Crippen molar-refractivity contribution < 1.29 is 0 Å². The molecule has 15 heavy (non-hydrogen) atoms. The first-order valence-corrected chi connectivity index (χ1v) is 5.76. The van der Waals surface area contributed by atoms with Crippen LogP contribution in [-0.2, 0) is 11.8 Å². The number of hydrogen-bond acceptors (Lipinski definition) is 2. The van der Waals surface area contributed by atoms with Gasteiger partial charge in [-0.1, -0.05) is 20.8 Å². The molecule has 0 aromatic carbocycles. The third-order valence-electron chi connectivity index (χ3n) is 4.50. The molecule has 0 spiro atoms. The molecule has 2 heterocycles. The van der Waals surface area contributed by atoms with Gasteiger partial charge in [0.05, 0.1) is 6.20 Å². The SMILES string of the molecule is CC1NC2Cc3[nH]ncc3C12C(C)(C)C. The van der Waals surface area contributed by atoms with E-state index in [1.54, 1.807) is 0 Å². The summed E-state index contributed by atoms with van der Waals surface area (Å²) in [4.78, 5) is 0. The number of rotatable bonds is 0. The Bertz CT molecular complexity index is 401. The highest BCUT2D eigenvalue weighted by molar-refractivity contribution is 5.45. The van der Waals surface area contributed by atoms with Crippen LogP contribution >= 0.6 is 0 Å². The van der Waals surface area contributed by atoms with E-state index in [4.69, 9.17) is 0 Å². The molecule has 1 fully saturated rings. The molecular weight excluding hydrogens is 186 g/mol. The lowest BCUT2D eigenvalue weighted by Gasteiger charge is -2.59. The molecule has 1 saturated heterocycles. The minimum Gasteiger partial charge on any atom is -0.309 e. The largest absolute Gasteiger partial charge is 0.309 e. The summed E-state index contributed by atoms with van der Waals surface area (Å²) in [6.07, 6.45) is 3.15. The van der Waals surface area contributed by atoms with Gasteiger partial charge in [0.2, 0.25) is 0 Å². The van der Waals surface area contributed by atoms with Gasteiger partial charge in [-0.05, 0) is 12.3 Å². The van der Waals surface area contributed by atoms with Crippen LogP contribution < -0.4 is 5.32 Å². The van der Waals surface area contributed by atoms with E-state index in [2.05, 4.69) is 43.2 Å². The lowest BCUT2D eigenvalue weighted by Crippen LogP contribution is -2.74. The zero-order valence-electron chi connectivity index (χ0n) is 9.89. The quantitative estimate of drug-likeness (QED) is 0.675. The molecule has 1 aliphatic heterocycles. The summed E-state index contributed by atoms with van der Waals surface area (Å²) >= 11 is 0. The van der Waals surface area contributed by atoms with Crippen LogP contribution in [0.1, 0.15) is 39.0 Å². The number of nitrogens with zero attached hydrogens (tertiary/aromatic N) is 1. The maximum atomic E-state index is 4.20. The zero-order chi connectivity index (χ0) is 10.8. The third-order valence-corrected chi connectivity index (χ3v) is 4.50. The lowest BCUT2D eigenvalue weighted by molar-refractivity contribution is 0.0130. The molecule has 82 valence electrons. The molecule has 0 bridgehead atoms. The van der Waals surface area contributed by atoms with Crippen molar-refractivity contribution in [3.8, 4) is 0 Å². The third kappa shape index (κ3) is 0.842. The van der Waals surface area contributed by atoms with Gasteiger partial charge in [-0.15, -0.1) is 0 Å². The Kier molecular flexibility index (Phi) is 1.54. The molecule has 0 amide bonds. The number of nitrogens with one attached hydrogen (secondary N) is 2. The molecule has 3 nitrogen and oxygen atoms in total. The molecule has 2 aliphatic rings. The fraction of sp³-hybridized carbons (Fsp3) is 0.750. The van der Waals surface area contributed by atoms with Crippen LogP contribution in [0.4, 0.5) is 0 Å². The van der Waals surface area contributed by atoms with E-state index < -0.39 is 0 Å². The van der Waals surface area contributed by atoms with Gasteiger partial charge >= 0.3 is 0 Å². The highest BCUT2D eigenvalue weighted by atomic mass is 15.2. The van der Waals surface area contributed by atoms with Gasteiger partial charge in [-0.25, -0.2) is 0 Å². The normalized spacial score (nSPS) is 38.4. The first-order valence-electron chi connectivity index (χ1n) is 5.76. The van der Waals surface area contributed by atoms with Crippen molar-refractivity contribution in [3.63, 3.8) is 0 Å². The van der Waals surface area contributed by atoms with Crippen LogP contribution in [0.15, 0.2) is 6.20 Å². The van der Waals surface area contributed by atoms with Crippen molar-refractivity contribution in [2.75, 3.05) is 0 Å². The van der Waals surface area contributed by atoms with Gasteiger partial charge < -0.3 is 5.32 Å². The first-order chi connectivity index (χ1) is 6.98. The predicted octanol–water partition coefficient (Wildman–Crippen LogP) is 1.61. The Morgan fingerprint density at radius 1 is 1.47 bits per heavy atom. The highest BCUT2D eigenvalue weighted by Crippen LogP contribution is 2.57. The van der Waals surface area contributed by atoms with Crippen LogP contribution in [0.5, 0.6) is 0 Å².